The second-order valence-electron chi connectivity index (χ2n) is 4.15. The van der Waals surface area contributed by atoms with Gasteiger partial charge in [0.15, 0.2) is 11.6 Å². The van der Waals surface area contributed by atoms with Crippen LogP contribution in [0.1, 0.15) is 4.88 Å². The molecule has 0 saturated carbocycles. The first kappa shape index (κ1) is 13.1. The van der Waals surface area contributed by atoms with Crippen molar-refractivity contribution in [1.82, 2.24) is 4.98 Å². The van der Waals surface area contributed by atoms with E-state index in [-0.39, 0.29) is 22.0 Å². The summed E-state index contributed by atoms with van der Waals surface area (Å²) >= 11 is 0.518. The fourth-order valence-corrected chi connectivity index (χ4v) is 2.89. The van der Waals surface area contributed by atoms with Crippen molar-refractivity contribution in [3.8, 4) is 11.1 Å². The second kappa shape index (κ2) is 4.31. The highest BCUT2D eigenvalue weighted by Gasteiger charge is 2.36. The summed E-state index contributed by atoms with van der Waals surface area (Å²) in [4.78, 5) is 1.82. The lowest BCUT2D eigenvalue weighted by molar-refractivity contribution is -0.133. The molecule has 3 aromatic rings. The molecule has 0 amide bonds. The molecule has 0 fully saturated rings. The molecule has 1 aromatic carbocycles. The third kappa shape index (κ3) is 1.89. The number of H-pyrrole nitrogens is 1. The maximum Gasteiger partial charge on any atom is 0.426 e. The van der Waals surface area contributed by atoms with Crippen molar-refractivity contribution >= 4 is 22.2 Å². The van der Waals surface area contributed by atoms with Gasteiger partial charge in [0.25, 0.3) is 0 Å². The first-order chi connectivity index (χ1) is 9.39. The van der Waals surface area contributed by atoms with Crippen LogP contribution >= 0.6 is 11.3 Å². The zero-order valence-electron chi connectivity index (χ0n) is 9.68. The Morgan fingerprint density at radius 2 is 1.75 bits per heavy atom. The van der Waals surface area contributed by atoms with E-state index >= 15 is 0 Å². The van der Waals surface area contributed by atoms with Crippen molar-refractivity contribution in [2.45, 2.75) is 6.18 Å². The van der Waals surface area contributed by atoms with Crippen molar-refractivity contribution in [3.63, 3.8) is 0 Å². The summed E-state index contributed by atoms with van der Waals surface area (Å²) in [6.45, 7) is 0. The van der Waals surface area contributed by atoms with Crippen LogP contribution in [0, 0.1) is 11.6 Å². The normalized spacial score (nSPS) is 12.2. The van der Waals surface area contributed by atoms with Crippen LogP contribution in [0.25, 0.3) is 22.0 Å². The molecule has 2 aromatic heterocycles. The zero-order chi connectivity index (χ0) is 14.5. The number of fused-ring (bicyclic) bond motifs is 1. The molecule has 0 aliphatic heterocycles. The Kier molecular flexibility index (Phi) is 2.82. The summed E-state index contributed by atoms with van der Waals surface area (Å²) < 4.78 is 65.8. The van der Waals surface area contributed by atoms with Crippen LogP contribution in [0.2, 0.25) is 0 Å². The summed E-state index contributed by atoms with van der Waals surface area (Å²) in [6, 6.07) is 3.47. The highest BCUT2D eigenvalue weighted by molar-refractivity contribution is 7.10. The van der Waals surface area contributed by atoms with Crippen molar-refractivity contribution in [2.75, 3.05) is 0 Å². The van der Waals surface area contributed by atoms with Crippen molar-refractivity contribution in [1.29, 1.82) is 0 Å². The Hall–Kier alpha value is -1.89. The molecule has 0 saturated heterocycles. The van der Waals surface area contributed by atoms with Gasteiger partial charge in [0.1, 0.15) is 4.88 Å². The molecule has 0 radical (unpaired) electrons. The highest BCUT2D eigenvalue weighted by Crippen LogP contribution is 2.43. The Morgan fingerprint density at radius 1 is 1.00 bits per heavy atom. The van der Waals surface area contributed by atoms with Gasteiger partial charge in [-0.25, -0.2) is 8.78 Å². The summed E-state index contributed by atoms with van der Waals surface area (Å²) in [5.74, 6) is -2.25. The summed E-state index contributed by atoms with van der Waals surface area (Å²) in [5.41, 5.74) is 0.0991. The molecule has 0 spiro atoms. The minimum Gasteiger partial charge on any atom is -0.360 e. The molecule has 7 heteroatoms. The average molecular weight is 303 g/mol. The van der Waals surface area contributed by atoms with E-state index in [4.69, 9.17) is 0 Å². The highest BCUT2D eigenvalue weighted by atomic mass is 32.1. The van der Waals surface area contributed by atoms with E-state index in [9.17, 15) is 22.0 Å². The maximum atomic E-state index is 13.8. The molecule has 1 nitrogen and oxygen atoms in total. The molecule has 104 valence electrons. The second-order valence-corrected chi connectivity index (χ2v) is 5.06. The van der Waals surface area contributed by atoms with Crippen LogP contribution in [-0.4, -0.2) is 4.98 Å². The first-order valence-electron chi connectivity index (χ1n) is 5.49. The number of halogens is 5. The van der Waals surface area contributed by atoms with E-state index in [1.54, 1.807) is 0 Å². The molecule has 3 rings (SSSR count). The van der Waals surface area contributed by atoms with Gasteiger partial charge in [0.05, 0.1) is 0 Å². The number of hydrogen-bond donors (Lipinski definition) is 1. The number of aromatic amines is 1. The van der Waals surface area contributed by atoms with Crippen molar-refractivity contribution in [3.05, 3.63) is 46.3 Å². The SMILES string of the molecule is Fc1ccc2[nH]cc(-c3ccsc3C(F)(F)F)c2c1F. The van der Waals surface area contributed by atoms with Gasteiger partial charge in [-0.15, -0.1) is 11.3 Å². The zero-order valence-corrected chi connectivity index (χ0v) is 10.5. The number of benzene rings is 1. The third-order valence-electron chi connectivity index (χ3n) is 2.95. The van der Waals surface area contributed by atoms with Gasteiger partial charge in [-0.3, -0.25) is 0 Å². The third-order valence-corrected chi connectivity index (χ3v) is 3.91. The number of nitrogens with one attached hydrogen (secondary N) is 1. The van der Waals surface area contributed by atoms with Crippen LogP contribution in [0.3, 0.4) is 0 Å². The Bertz CT molecular complexity index is 784. The van der Waals surface area contributed by atoms with Crippen molar-refractivity contribution in [2.24, 2.45) is 0 Å². The first-order valence-corrected chi connectivity index (χ1v) is 6.37. The molecular weight excluding hydrogens is 297 g/mol. The predicted molar refractivity (Wildman–Crippen MR) is 66.5 cm³/mol. The van der Waals surface area contributed by atoms with E-state index in [0.717, 1.165) is 6.07 Å². The number of thiophene rings is 1. The largest absolute Gasteiger partial charge is 0.426 e. The topological polar surface area (TPSA) is 15.8 Å². The monoisotopic (exact) mass is 303 g/mol. The Balaban J connectivity index is 2.32. The van der Waals surface area contributed by atoms with E-state index < -0.39 is 22.7 Å². The summed E-state index contributed by atoms with van der Waals surface area (Å²) in [6.07, 6.45) is -3.28. The molecular formula is C13H6F5NS. The fraction of sp³-hybridized carbons (Fsp3) is 0.0769. The van der Waals surface area contributed by atoms with Gasteiger partial charge < -0.3 is 4.98 Å². The van der Waals surface area contributed by atoms with Crippen LogP contribution in [0.5, 0.6) is 0 Å². The van der Waals surface area contributed by atoms with Crippen LogP contribution in [0.4, 0.5) is 22.0 Å². The van der Waals surface area contributed by atoms with Gasteiger partial charge in [0.2, 0.25) is 0 Å². The molecule has 20 heavy (non-hydrogen) atoms. The van der Waals surface area contributed by atoms with Crippen molar-refractivity contribution < 1.29 is 22.0 Å². The molecule has 0 atom stereocenters. The lowest BCUT2D eigenvalue weighted by atomic mass is 10.0. The molecule has 0 aliphatic rings. The number of rotatable bonds is 1. The van der Waals surface area contributed by atoms with Gasteiger partial charge >= 0.3 is 6.18 Å². The van der Waals surface area contributed by atoms with E-state index in [1.807, 2.05) is 0 Å². The summed E-state index contributed by atoms with van der Waals surface area (Å²) in [5, 5.41) is 1.10. The van der Waals surface area contributed by atoms with Gasteiger partial charge in [-0.1, -0.05) is 0 Å². The molecule has 0 aliphatic carbocycles. The molecule has 0 bridgehead atoms. The number of hydrogen-bond acceptors (Lipinski definition) is 1. The minimum absolute atomic E-state index is 0.00516. The average Bonchev–Trinajstić information content (AvgIpc) is 2.98. The maximum absolute atomic E-state index is 13.8. The van der Waals surface area contributed by atoms with Crippen LogP contribution in [0.15, 0.2) is 29.8 Å². The predicted octanol–water partition coefficient (Wildman–Crippen LogP) is 5.19. The fourth-order valence-electron chi connectivity index (χ4n) is 2.11. The summed E-state index contributed by atoms with van der Waals surface area (Å²) in [7, 11) is 0. The van der Waals surface area contributed by atoms with Gasteiger partial charge in [-0.05, 0) is 23.6 Å². The Labute approximate surface area is 113 Å². The van der Waals surface area contributed by atoms with E-state index in [2.05, 4.69) is 4.98 Å². The standard InChI is InChI=1S/C13H6F5NS/c14-8-1-2-9-10(11(8)15)7(5-19-9)6-3-4-20-12(6)13(16,17)18/h1-5,19H. The van der Waals surface area contributed by atoms with Gasteiger partial charge in [-0.2, -0.15) is 13.2 Å². The Morgan fingerprint density at radius 3 is 2.45 bits per heavy atom. The lowest BCUT2D eigenvalue weighted by Crippen LogP contribution is -2.03. The number of alkyl halides is 3. The molecule has 0 unspecified atom stereocenters. The van der Waals surface area contributed by atoms with Crippen LogP contribution < -0.4 is 0 Å². The van der Waals surface area contributed by atoms with E-state index in [1.165, 1.54) is 23.7 Å². The quantitative estimate of drug-likeness (QED) is 0.595. The molecule has 2 heterocycles. The van der Waals surface area contributed by atoms with E-state index in [0.29, 0.717) is 11.3 Å². The lowest BCUT2D eigenvalue weighted by Gasteiger charge is -2.07. The van der Waals surface area contributed by atoms with Gasteiger partial charge in [0, 0.05) is 28.2 Å². The minimum atomic E-state index is -4.53. The smallest absolute Gasteiger partial charge is 0.360 e. The van der Waals surface area contributed by atoms with Crippen LogP contribution in [-0.2, 0) is 6.18 Å². The molecule has 1 N–H and O–H groups in total. The number of aromatic nitrogens is 1.